The highest BCUT2D eigenvalue weighted by atomic mass is 35.5. The maximum absolute atomic E-state index is 12.4. The maximum Gasteiger partial charge on any atom is 0.343 e. The average Bonchev–Trinajstić information content (AvgIpc) is 2.89. The third-order valence-electron chi connectivity index (χ3n) is 3.94. The number of hydrogen-bond acceptors (Lipinski definition) is 3. The van der Waals surface area contributed by atoms with Crippen LogP contribution < -0.4 is 0 Å². The molecule has 4 nitrogen and oxygen atoms in total. The first-order valence-corrected chi connectivity index (χ1v) is 8.42. The zero-order valence-corrected chi connectivity index (χ0v) is 15.0. The van der Waals surface area contributed by atoms with Gasteiger partial charge in [0.05, 0.1) is 12.2 Å². The third kappa shape index (κ3) is 4.09. The summed E-state index contributed by atoms with van der Waals surface area (Å²) in [7, 11) is 0. The van der Waals surface area contributed by atoms with E-state index in [1.54, 1.807) is 11.6 Å². The number of esters is 1. The van der Waals surface area contributed by atoms with Gasteiger partial charge in [0.1, 0.15) is 17.3 Å². The van der Waals surface area contributed by atoms with E-state index in [0.717, 1.165) is 16.7 Å². The van der Waals surface area contributed by atoms with Crippen molar-refractivity contribution in [3.8, 4) is 0 Å². The van der Waals surface area contributed by atoms with Crippen LogP contribution in [0.1, 0.15) is 32.7 Å². The summed E-state index contributed by atoms with van der Waals surface area (Å²) >= 11 is 6.38. The molecule has 0 N–H and O–H groups in total. The molecule has 0 spiro atoms. The quantitative estimate of drug-likeness (QED) is 0.631. The van der Waals surface area contributed by atoms with Gasteiger partial charge in [-0.1, -0.05) is 71.8 Å². The van der Waals surface area contributed by atoms with Crippen molar-refractivity contribution in [3.63, 3.8) is 0 Å². The molecule has 0 fully saturated rings. The van der Waals surface area contributed by atoms with Crippen LogP contribution in [0.4, 0.5) is 0 Å². The molecular weight excluding hydrogens is 336 g/mol. The molecular formula is C20H19ClN2O2. The molecule has 3 aromatic rings. The molecule has 0 aliphatic rings. The van der Waals surface area contributed by atoms with Crippen LogP contribution >= 0.6 is 11.6 Å². The van der Waals surface area contributed by atoms with E-state index in [1.807, 2.05) is 61.5 Å². The van der Waals surface area contributed by atoms with Gasteiger partial charge in [0.15, 0.2) is 0 Å². The lowest BCUT2D eigenvalue weighted by Crippen LogP contribution is -2.07. The molecule has 5 heteroatoms. The van der Waals surface area contributed by atoms with Crippen LogP contribution in [-0.2, 0) is 17.9 Å². The Labute approximate surface area is 152 Å². The number of carbonyl (C=O) groups excluding carboxylic acids is 1. The second-order valence-electron chi connectivity index (χ2n) is 5.96. The Morgan fingerprint density at radius 2 is 1.72 bits per heavy atom. The van der Waals surface area contributed by atoms with E-state index in [2.05, 4.69) is 5.10 Å². The van der Waals surface area contributed by atoms with E-state index in [-0.39, 0.29) is 6.61 Å². The van der Waals surface area contributed by atoms with Gasteiger partial charge in [0, 0.05) is 0 Å². The van der Waals surface area contributed by atoms with Gasteiger partial charge in [-0.3, -0.25) is 0 Å². The molecule has 0 amide bonds. The zero-order valence-electron chi connectivity index (χ0n) is 14.2. The van der Waals surface area contributed by atoms with Crippen molar-refractivity contribution in [3.05, 3.63) is 87.7 Å². The predicted molar refractivity (Wildman–Crippen MR) is 97.8 cm³/mol. The first-order chi connectivity index (χ1) is 12.0. The van der Waals surface area contributed by atoms with Crippen LogP contribution in [0.15, 0.2) is 54.6 Å². The minimum absolute atomic E-state index is 0.207. The number of aromatic nitrogens is 2. The monoisotopic (exact) mass is 354 g/mol. The summed E-state index contributed by atoms with van der Waals surface area (Å²) in [5, 5.41) is 4.68. The number of hydrogen-bond donors (Lipinski definition) is 0. The summed E-state index contributed by atoms with van der Waals surface area (Å²) < 4.78 is 7.02. The second-order valence-corrected chi connectivity index (χ2v) is 6.31. The number of ether oxygens (including phenoxy) is 1. The fourth-order valence-corrected chi connectivity index (χ4v) is 2.86. The lowest BCUT2D eigenvalue weighted by molar-refractivity contribution is 0.0472. The molecule has 2 aromatic carbocycles. The van der Waals surface area contributed by atoms with Crippen molar-refractivity contribution in [2.24, 2.45) is 0 Å². The van der Waals surface area contributed by atoms with Crippen molar-refractivity contribution >= 4 is 17.6 Å². The first kappa shape index (κ1) is 17.2. The average molecular weight is 355 g/mol. The Kier molecular flexibility index (Phi) is 5.19. The van der Waals surface area contributed by atoms with Gasteiger partial charge in [-0.2, -0.15) is 5.10 Å². The van der Waals surface area contributed by atoms with Crippen LogP contribution in [0, 0.1) is 13.8 Å². The zero-order chi connectivity index (χ0) is 17.8. The van der Waals surface area contributed by atoms with Gasteiger partial charge in [-0.25, -0.2) is 9.48 Å². The van der Waals surface area contributed by atoms with Gasteiger partial charge in [0.25, 0.3) is 0 Å². The molecule has 0 radical (unpaired) electrons. The summed E-state index contributed by atoms with van der Waals surface area (Å²) in [6, 6.07) is 17.7. The fraction of sp³-hybridized carbons (Fsp3) is 0.200. The number of halogens is 1. The van der Waals surface area contributed by atoms with Gasteiger partial charge in [-0.05, 0) is 25.0 Å². The summed E-state index contributed by atoms with van der Waals surface area (Å²) in [4.78, 5) is 12.4. The molecule has 1 heterocycles. The van der Waals surface area contributed by atoms with Crippen molar-refractivity contribution in [2.75, 3.05) is 0 Å². The lowest BCUT2D eigenvalue weighted by atomic mass is 10.2. The van der Waals surface area contributed by atoms with Crippen LogP contribution in [0.5, 0.6) is 0 Å². The molecule has 3 rings (SSSR count). The SMILES string of the molecule is Cc1ccc(COC(=O)c2c(C)nn(Cc3ccccc3)c2Cl)cc1. The third-order valence-corrected chi connectivity index (χ3v) is 4.32. The topological polar surface area (TPSA) is 44.1 Å². The predicted octanol–water partition coefficient (Wildman–Crippen LogP) is 4.56. The second kappa shape index (κ2) is 7.53. The number of nitrogens with zero attached hydrogens (tertiary/aromatic N) is 2. The van der Waals surface area contributed by atoms with E-state index in [1.165, 1.54) is 0 Å². The normalized spacial score (nSPS) is 10.7. The lowest BCUT2D eigenvalue weighted by Gasteiger charge is -2.06. The standard InChI is InChI=1S/C20H19ClN2O2/c1-14-8-10-17(11-9-14)13-25-20(24)18-15(2)22-23(19(18)21)12-16-6-4-3-5-7-16/h3-11H,12-13H2,1-2H3. The van der Waals surface area contributed by atoms with Gasteiger partial charge >= 0.3 is 5.97 Å². The van der Waals surface area contributed by atoms with Gasteiger partial charge < -0.3 is 4.74 Å². The van der Waals surface area contributed by atoms with E-state index in [0.29, 0.717) is 23.0 Å². The number of benzene rings is 2. The van der Waals surface area contributed by atoms with Crippen molar-refractivity contribution in [2.45, 2.75) is 27.0 Å². The Bertz CT molecular complexity index is 871. The Balaban J connectivity index is 1.73. The molecule has 0 atom stereocenters. The van der Waals surface area contributed by atoms with Crippen molar-refractivity contribution in [1.82, 2.24) is 9.78 Å². The molecule has 0 saturated carbocycles. The highest BCUT2D eigenvalue weighted by molar-refractivity contribution is 6.32. The number of aryl methyl sites for hydroxylation is 2. The van der Waals surface area contributed by atoms with Crippen molar-refractivity contribution < 1.29 is 9.53 Å². The Morgan fingerprint density at radius 3 is 2.40 bits per heavy atom. The smallest absolute Gasteiger partial charge is 0.343 e. The summed E-state index contributed by atoms with van der Waals surface area (Å²) in [6.45, 7) is 4.49. The maximum atomic E-state index is 12.4. The molecule has 0 bridgehead atoms. The number of rotatable bonds is 5. The number of carbonyl (C=O) groups is 1. The van der Waals surface area contributed by atoms with Crippen LogP contribution in [0.3, 0.4) is 0 Å². The van der Waals surface area contributed by atoms with Gasteiger partial charge in [-0.15, -0.1) is 0 Å². The van der Waals surface area contributed by atoms with E-state index < -0.39 is 5.97 Å². The minimum Gasteiger partial charge on any atom is -0.457 e. The largest absolute Gasteiger partial charge is 0.457 e. The van der Waals surface area contributed by atoms with Crippen LogP contribution in [0.2, 0.25) is 5.15 Å². The minimum atomic E-state index is -0.456. The Hall–Kier alpha value is -2.59. The first-order valence-electron chi connectivity index (χ1n) is 8.04. The highest BCUT2D eigenvalue weighted by Crippen LogP contribution is 2.22. The summed E-state index contributed by atoms with van der Waals surface area (Å²) in [5.74, 6) is -0.456. The van der Waals surface area contributed by atoms with Crippen molar-refractivity contribution in [1.29, 1.82) is 0 Å². The Morgan fingerprint density at radius 1 is 1.04 bits per heavy atom. The fourth-order valence-electron chi connectivity index (χ4n) is 2.55. The van der Waals surface area contributed by atoms with Crippen LogP contribution in [-0.4, -0.2) is 15.7 Å². The molecule has 0 aliphatic carbocycles. The highest BCUT2D eigenvalue weighted by Gasteiger charge is 2.21. The summed E-state index contributed by atoms with van der Waals surface area (Å²) in [6.07, 6.45) is 0. The molecule has 0 unspecified atom stereocenters. The molecule has 1 aromatic heterocycles. The molecule has 128 valence electrons. The molecule has 25 heavy (non-hydrogen) atoms. The van der Waals surface area contributed by atoms with E-state index in [9.17, 15) is 4.79 Å². The summed E-state index contributed by atoms with van der Waals surface area (Å²) in [5.41, 5.74) is 4.05. The van der Waals surface area contributed by atoms with Gasteiger partial charge in [0.2, 0.25) is 0 Å². The molecule has 0 aliphatic heterocycles. The van der Waals surface area contributed by atoms with Crippen LogP contribution in [0.25, 0.3) is 0 Å². The molecule has 0 saturated heterocycles. The van der Waals surface area contributed by atoms with E-state index in [4.69, 9.17) is 16.3 Å². The van der Waals surface area contributed by atoms with E-state index >= 15 is 0 Å².